The monoisotopic (exact) mass is 252 g/mol. The Morgan fingerprint density at radius 1 is 1.29 bits per heavy atom. The molecule has 1 aliphatic heterocycles. The maximum absolute atomic E-state index is 3.53. The van der Waals surface area contributed by atoms with Crippen molar-refractivity contribution >= 4 is 15.9 Å². The molecule has 74 valence electrons. The molecule has 1 heterocycles. The number of fused-ring (bicyclic) bond motifs is 3. The Morgan fingerprint density at radius 3 is 3.14 bits per heavy atom. The second-order valence-electron chi connectivity index (χ2n) is 4.05. The highest BCUT2D eigenvalue weighted by molar-refractivity contribution is 9.10. The van der Waals surface area contributed by atoms with Crippen molar-refractivity contribution in [3.63, 3.8) is 0 Å². The number of rotatable bonds is 0. The van der Waals surface area contributed by atoms with Gasteiger partial charge in [0, 0.05) is 23.2 Å². The van der Waals surface area contributed by atoms with E-state index in [4.69, 9.17) is 0 Å². The SMILES string of the molecule is Brc1ccc2c(c1)CCC1NCNC21. The molecule has 1 aliphatic carbocycles. The molecule has 3 rings (SSSR count). The summed E-state index contributed by atoms with van der Waals surface area (Å²) in [6, 6.07) is 7.82. The van der Waals surface area contributed by atoms with E-state index in [9.17, 15) is 0 Å². The highest BCUT2D eigenvalue weighted by Crippen LogP contribution is 2.33. The van der Waals surface area contributed by atoms with E-state index < -0.39 is 0 Å². The molecule has 2 unspecified atom stereocenters. The fourth-order valence-electron chi connectivity index (χ4n) is 2.56. The Hall–Kier alpha value is -0.380. The van der Waals surface area contributed by atoms with Crippen molar-refractivity contribution in [2.75, 3.05) is 6.67 Å². The lowest BCUT2D eigenvalue weighted by molar-refractivity contribution is 0.466. The van der Waals surface area contributed by atoms with Crippen molar-refractivity contribution in [2.45, 2.75) is 24.9 Å². The molecule has 0 aromatic heterocycles. The van der Waals surface area contributed by atoms with E-state index in [1.54, 1.807) is 0 Å². The molecule has 2 nitrogen and oxygen atoms in total. The van der Waals surface area contributed by atoms with Gasteiger partial charge < -0.3 is 0 Å². The van der Waals surface area contributed by atoms with Crippen LogP contribution >= 0.6 is 15.9 Å². The third kappa shape index (κ3) is 1.31. The highest BCUT2D eigenvalue weighted by Gasteiger charge is 2.32. The summed E-state index contributed by atoms with van der Waals surface area (Å²) in [5.74, 6) is 0. The molecule has 0 spiro atoms. The predicted molar refractivity (Wildman–Crippen MR) is 60.1 cm³/mol. The Kier molecular flexibility index (Phi) is 2.11. The van der Waals surface area contributed by atoms with Gasteiger partial charge in [-0.15, -0.1) is 0 Å². The lowest BCUT2D eigenvalue weighted by Gasteiger charge is -2.27. The summed E-state index contributed by atoms with van der Waals surface area (Å²) in [7, 11) is 0. The maximum atomic E-state index is 3.53. The molecule has 3 heteroatoms. The van der Waals surface area contributed by atoms with Gasteiger partial charge >= 0.3 is 0 Å². The first kappa shape index (κ1) is 8.89. The van der Waals surface area contributed by atoms with Gasteiger partial charge in [-0.05, 0) is 36.1 Å². The first-order valence-corrected chi connectivity index (χ1v) is 5.89. The molecule has 14 heavy (non-hydrogen) atoms. The van der Waals surface area contributed by atoms with Crippen LogP contribution in [0.2, 0.25) is 0 Å². The smallest absolute Gasteiger partial charge is 0.0489 e. The molecule has 2 N–H and O–H groups in total. The van der Waals surface area contributed by atoms with Crippen molar-refractivity contribution in [3.05, 3.63) is 33.8 Å². The molecule has 0 saturated carbocycles. The number of hydrogen-bond acceptors (Lipinski definition) is 2. The number of hydrogen-bond donors (Lipinski definition) is 2. The Bertz CT molecular complexity index is 364. The van der Waals surface area contributed by atoms with Crippen LogP contribution in [0.25, 0.3) is 0 Å². The quantitative estimate of drug-likeness (QED) is 0.738. The van der Waals surface area contributed by atoms with Crippen molar-refractivity contribution in [2.24, 2.45) is 0 Å². The lowest BCUT2D eigenvalue weighted by Crippen LogP contribution is -2.31. The van der Waals surface area contributed by atoms with Crippen LogP contribution in [0.15, 0.2) is 22.7 Å². The van der Waals surface area contributed by atoms with Crippen LogP contribution in [0, 0.1) is 0 Å². The lowest BCUT2D eigenvalue weighted by atomic mass is 9.85. The zero-order valence-electron chi connectivity index (χ0n) is 7.89. The Morgan fingerprint density at radius 2 is 2.21 bits per heavy atom. The van der Waals surface area contributed by atoms with Gasteiger partial charge in [-0.25, -0.2) is 0 Å². The molecule has 1 aromatic carbocycles. The van der Waals surface area contributed by atoms with E-state index in [2.05, 4.69) is 44.8 Å². The minimum atomic E-state index is 0.534. The second kappa shape index (κ2) is 3.33. The Balaban J connectivity index is 2.05. The molecule has 0 bridgehead atoms. The van der Waals surface area contributed by atoms with Crippen molar-refractivity contribution in [1.82, 2.24) is 10.6 Å². The first-order chi connectivity index (χ1) is 6.84. The first-order valence-electron chi connectivity index (χ1n) is 5.10. The number of aryl methyl sites for hydroxylation is 1. The van der Waals surface area contributed by atoms with Gasteiger partial charge in [0.05, 0.1) is 0 Å². The minimum absolute atomic E-state index is 0.534. The molecular weight excluding hydrogens is 240 g/mol. The highest BCUT2D eigenvalue weighted by atomic mass is 79.9. The third-order valence-corrected chi connectivity index (χ3v) is 3.75. The van der Waals surface area contributed by atoms with Crippen LogP contribution < -0.4 is 10.6 Å². The molecule has 2 aliphatic rings. The van der Waals surface area contributed by atoms with E-state index in [-0.39, 0.29) is 0 Å². The molecule has 2 atom stereocenters. The number of benzene rings is 1. The predicted octanol–water partition coefficient (Wildman–Crippen LogP) is 1.96. The van der Waals surface area contributed by atoms with E-state index >= 15 is 0 Å². The summed E-state index contributed by atoms with van der Waals surface area (Å²) in [4.78, 5) is 0. The van der Waals surface area contributed by atoms with Crippen LogP contribution in [0.1, 0.15) is 23.6 Å². The van der Waals surface area contributed by atoms with Crippen LogP contribution in [-0.4, -0.2) is 12.7 Å². The van der Waals surface area contributed by atoms with Gasteiger partial charge in [0.2, 0.25) is 0 Å². The number of halogens is 1. The largest absolute Gasteiger partial charge is 0.300 e. The van der Waals surface area contributed by atoms with Gasteiger partial charge in [0.15, 0.2) is 0 Å². The Labute approximate surface area is 92.2 Å². The molecule has 1 fully saturated rings. The summed E-state index contributed by atoms with van der Waals surface area (Å²) in [6.45, 7) is 0.949. The van der Waals surface area contributed by atoms with Crippen molar-refractivity contribution in [3.8, 4) is 0 Å². The average Bonchev–Trinajstić information content (AvgIpc) is 2.65. The van der Waals surface area contributed by atoms with Crippen LogP contribution in [-0.2, 0) is 6.42 Å². The van der Waals surface area contributed by atoms with Crippen LogP contribution in [0.4, 0.5) is 0 Å². The fourth-order valence-corrected chi connectivity index (χ4v) is 2.97. The molecular formula is C11H13BrN2. The topological polar surface area (TPSA) is 24.1 Å². The van der Waals surface area contributed by atoms with Crippen molar-refractivity contribution < 1.29 is 0 Å². The summed E-state index contributed by atoms with van der Waals surface area (Å²) < 4.78 is 1.20. The number of nitrogens with one attached hydrogen (secondary N) is 2. The van der Waals surface area contributed by atoms with Crippen LogP contribution in [0.3, 0.4) is 0 Å². The van der Waals surface area contributed by atoms with E-state index in [1.165, 1.54) is 28.4 Å². The summed E-state index contributed by atoms with van der Waals surface area (Å²) in [6.07, 6.45) is 2.45. The molecule has 1 aromatic rings. The molecule has 0 amide bonds. The van der Waals surface area contributed by atoms with E-state index in [0.717, 1.165) is 6.67 Å². The van der Waals surface area contributed by atoms with Gasteiger partial charge in [0.1, 0.15) is 0 Å². The fraction of sp³-hybridized carbons (Fsp3) is 0.455. The van der Waals surface area contributed by atoms with E-state index in [1.807, 2.05) is 0 Å². The average molecular weight is 253 g/mol. The van der Waals surface area contributed by atoms with Gasteiger partial charge in [-0.2, -0.15) is 0 Å². The van der Waals surface area contributed by atoms with Gasteiger partial charge in [-0.1, -0.05) is 22.0 Å². The van der Waals surface area contributed by atoms with Gasteiger partial charge in [0.25, 0.3) is 0 Å². The summed E-state index contributed by atoms with van der Waals surface area (Å²) in [5, 5.41) is 7.00. The van der Waals surface area contributed by atoms with Crippen LogP contribution in [0.5, 0.6) is 0 Å². The third-order valence-electron chi connectivity index (χ3n) is 3.25. The van der Waals surface area contributed by atoms with Crippen molar-refractivity contribution in [1.29, 1.82) is 0 Å². The second-order valence-corrected chi connectivity index (χ2v) is 4.97. The zero-order chi connectivity index (χ0) is 9.54. The maximum Gasteiger partial charge on any atom is 0.0489 e. The van der Waals surface area contributed by atoms with E-state index in [0.29, 0.717) is 12.1 Å². The molecule has 1 saturated heterocycles. The standard InChI is InChI=1S/C11H13BrN2/c12-8-2-3-9-7(5-8)1-4-10-11(9)14-6-13-10/h2-3,5,10-11,13-14H,1,4,6H2. The normalized spacial score (nSPS) is 29.8. The molecule has 0 radical (unpaired) electrons. The minimum Gasteiger partial charge on any atom is -0.300 e. The zero-order valence-corrected chi connectivity index (χ0v) is 9.47. The van der Waals surface area contributed by atoms with Gasteiger partial charge in [-0.3, -0.25) is 10.6 Å². The summed E-state index contributed by atoms with van der Waals surface area (Å²) in [5.41, 5.74) is 2.98. The summed E-state index contributed by atoms with van der Waals surface area (Å²) >= 11 is 3.53.